The molecule has 3 amide bonds. The first-order chi connectivity index (χ1) is 27.8. The summed E-state index contributed by atoms with van der Waals surface area (Å²) in [6.07, 6.45) is 8.73. The number of fused-ring (bicyclic) bond motifs is 4. The third-order valence-corrected chi connectivity index (χ3v) is 14.4. The minimum atomic E-state index is -0.585. The number of benzene rings is 4. The van der Waals surface area contributed by atoms with Crippen molar-refractivity contribution in [3.05, 3.63) is 124 Å². The Morgan fingerprint density at radius 3 is 2.28 bits per heavy atom. The molecule has 3 saturated heterocycles. The highest BCUT2D eigenvalue weighted by atomic mass is 16.3. The molecule has 1 spiro atoms. The molecule has 0 radical (unpaired) electrons. The first-order valence-electron chi connectivity index (χ1n) is 21.3. The van der Waals surface area contributed by atoms with Gasteiger partial charge in [0.05, 0.1) is 0 Å². The number of phenols is 1. The van der Waals surface area contributed by atoms with Gasteiger partial charge < -0.3 is 19.8 Å². The second-order valence-corrected chi connectivity index (χ2v) is 17.5. The Morgan fingerprint density at radius 2 is 1.47 bits per heavy atom. The summed E-state index contributed by atoms with van der Waals surface area (Å²) < 4.78 is 0. The maximum atomic E-state index is 13.2. The maximum absolute atomic E-state index is 13.2. The van der Waals surface area contributed by atoms with Crippen LogP contribution in [-0.2, 0) is 34.4 Å². The standard InChI is InChI=1S/C48H53N5O4/c54-39-12-14-40-35(29-39)17-21-48(20-3-5-33-4-1-2-6-42(33)48)45(40)34-7-9-37(10-8-34)51-22-18-32(19-23-51)30-50-24-26-52(27-25-50)38-11-13-41-36(28-38)31-53(47(41)57)43-15-16-44(55)49-46(43)56/h1-2,4,6-14,28-29,32,43,45,54H,3,5,15-27,30-31H2,(H,49,55,56)/t43-,45-,48+/m0/s1. The smallest absolute Gasteiger partial charge is 0.255 e. The van der Waals surface area contributed by atoms with Gasteiger partial charge in [0, 0.05) is 87.0 Å². The number of anilines is 2. The number of carbonyl (C=O) groups excluding carboxylic acids is 3. The van der Waals surface area contributed by atoms with E-state index in [0.29, 0.717) is 30.2 Å². The number of carbonyl (C=O) groups is 3. The second kappa shape index (κ2) is 14.7. The molecule has 4 aromatic rings. The molecule has 0 bridgehead atoms. The molecule has 9 nitrogen and oxygen atoms in total. The van der Waals surface area contributed by atoms with Gasteiger partial charge in [-0.2, -0.15) is 0 Å². The molecule has 0 unspecified atom stereocenters. The predicted molar refractivity (Wildman–Crippen MR) is 222 cm³/mol. The Bertz CT molecular complexity index is 2200. The van der Waals surface area contributed by atoms with Crippen LogP contribution < -0.4 is 15.1 Å². The highest BCUT2D eigenvalue weighted by molar-refractivity contribution is 6.05. The number of nitrogens with zero attached hydrogens (tertiary/aromatic N) is 4. The molecule has 0 saturated carbocycles. The SMILES string of the molecule is O=C1CC[C@H](N2Cc3cc(N4CCN(CC5CCN(c6ccc([C@H]7c8ccc(O)cc8CC[C@@]78CCCc7ccccc78)cc6)CC5)CC4)ccc3C2=O)C(=O)N1. The molecular formula is C48H53N5O4. The number of hydrogen-bond donors (Lipinski definition) is 2. The fourth-order valence-corrected chi connectivity index (χ4v) is 11.5. The van der Waals surface area contributed by atoms with Crippen LogP contribution in [0.3, 0.4) is 0 Å². The van der Waals surface area contributed by atoms with Gasteiger partial charge >= 0.3 is 0 Å². The molecule has 4 heterocycles. The summed E-state index contributed by atoms with van der Waals surface area (Å²) in [4.78, 5) is 46.6. The number of aryl methyl sites for hydroxylation is 2. The van der Waals surface area contributed by atoms with Crippen molar-refractivity contribution in [2.24, 2.45) is 5.92 Å². The lowest BCUT2D eigenvalue weighted by molar-refractivity contribution is -0.136. The fourth-order valence-electron chi connectivity index (χ4n) is 11.5. The third kappa shape index (κ3) is 6.58. The Hall–Kier alpha value is -5.15. The summed E-state index contributed by atoms with van der Waals surface area (Å²) >= 11 is 0. The second-order valence-electron chi connectivity index (χ2n) is 17.5. The molecule has 9 heteroatoms. The number of hydrogen-bond acceptors (Lipinski definition) is 7. The summed E-state index contributed by atoms with van der Waals surface area (Å²) in [5.41, 5.74) is 11.3. The zero-order chi connectivity index (χ0) is 38.7. The molecule has 6 aliphatic rings. The summed E-state index contributed by atoms with van der Waals surface area (Å²) in [5.74, 6) is 0.576. The quantitative estimate of drug-likeness (QED) is 0.216. The summed E-state index contributed by atoms with van der Waals surface area (Å²) in [5, 5.41) is 12.8. The van der Waals surface area contributed by atoms with Crippen LogP contribution in [0, 0.1) is 5.92 Å². The largest absolute Gasteiger partial charge is 0.508 e. The van der Waals surface area contributed by atoms with Crippen LogP contribution in [-0.4, -0.2) is 84.5 Å². The molecule has 2 N–H and O–H groups in total. The highest BCUT2D eigenvalue weighted by Gasteiger charge is 2.47. The van der Waals surface area contributed by atoms with Gasteiger partial charge in [0.2, 0.25) is 11.8 Å². The van der Waals surface area contributed by atoms with Crippen molar-refractivity contribution < 1.29 is 19.5 Å². The molecule has 4 aliphatic heterocycles. The van der Waals surface area contributed by atoms with E-state index in [9.17, 15) is 19.5 Å². The molecular weight excluding hydrogens is 711 g/mol. The normalized spacial score (nSPS) is 25.3. The van der Waals surface area contributed by atoms with Gasteiger partial charge in [-0.15, -0.1) is 0 Å². The molecule has 10 rings (SSSR count). The number of aromatic hydroxyl groups is 1. The van der Waals surface area contributed by atoms with Gasteiger partial charge in [0.25, 0.3) is 5.91 Å². The first kappa shape index (κ1) is 36.2. The number of imide groups is 1. The van der Waals surface area contributed by atoms with Gasteiger partial charge in [-0.1, -0.05) is 42.5 Å². The minimum Gasteiger partial charge on any atom is -0.508 e. The average Bonchev–Trinajstić information content (AvgIpc) is 3.56. The lowest BCUT2D eigenvalue weighted by Gasteiger charge is -2.49. The number of nitrogens with one attached hydrogen (secondary N) is 1. The van der Waals surface area contributed by atoms with Crippen molar-refractivity contribution in [3.63, 3.8) is 0 Å². The average molecular weight is 764 g/mol. The zero-order valence-corrected chi connectivity index (χ0v) is 32.8. The Balaban J connectivity index is 0.753. The van der Waals surface area contributed by atoms with E-state index in [1.807, 2.05) is 18.2 Å². The van der Waals surface area contributed by atoms with E-state index in [2.05, 4.69) is 86.7 Å². The Labute approximate surface area is 335 Å². The summed E-state index contributed by atoms with van der Waals surface area (Å²) in [7, 11) is 0. The lowest BCUT2D eigenvalue weighted by Crippen LogP contribution is -2.52. The molecule has 294 valence electrons. The van der Waals surface area contributed by atoms with E-state index in [0.717, 1.165) is 76.3 Å². The van der Waals surface area contributed by atoms with Gasteiger partial charge in [-0.05, 0) is 133 Å². The van der Waals surface area contributed by atoms with Crippen molar-refractivity contribution in [1.82, 2.24) is 15.1 Å². The molecule has 0 aromatic heterocycles. The van der Waals surface area contributed by atoms with Gasteiger partial charge in [0.15, 0.2) is 0 Å². The van der Waals surface area contributed by atoms with Crippen molar-refractivity contribution in [1.29, 1.82) is 0 Å². The van der Waals surface area contributed by atoms with Crippen molar-refractivity contribution >= 4 is 29.1 Å². The van der Waals surface area contributed by atoms with Crippen molar-refractivity contribution in [3.8, 4) is 5.75 Å². The minimum absolute atomic E-state index is 0.0764. The summed E-state index contributed by atoms with van der Waals surface area (Å²) in [6.45, 7) is 7.66. The van der Waals surface area contributed by atoms with Crippen LogP contribution in [0.1, 0.15) is 94.6 Å². The van der Waals surface area contributed by atoms with Crippen LogP contribution in [0.5, 0.6) is 5.75 Å². The molecule has 2 aliphatic carbocycles. The summed E-state index contributed by atoms with van der Waals surface area (Å²) in [6, 6.07) is 30.3. The van der Waals surface area contributed by atoms with Gasteiger partial charge in [-0.25, -0.2) is 0 Å². The molecule has 57 heavy (non-hydrogen) atoms. The highest BCUT2D eigenvalue weighted by Crippen LogP contribution is 2.56. The third-order valence-electron chi connectivity index (χ3n) is 14.4. The Kier molecular flexibility index (Phi) is 9.31. The van der Waals surface area contributed by atoms with E-state index in [4.69, 9.17) is 0 Å². The number of piperidine rings is 2. The van der Waals surface area contributed by atoms with Crippen LogP contribution in [0.15, 0.2) is 84.9 Å². The molecule has 3 fully saturated rings. The maximum Gasteiger partial charge on any atom is 0.255 e. The monoisotopic (exact) mass is 763 g/mol. The Morgan fingerprint density at radius 1 is 0.702 bits per heavy atom. The van der Waals surface area contributed by atoms with Crippen molar-refractivity contribution in [2.75, 3.05) is 55.6 Å². The van der Waals surface area contributed by atoms with Crippen LogP contribution in [0.4, 0.5) is 11.4 Å². The zero-order valence-electron chi connectivity index (χ0n) is 32.8. The number of phenolic OH excluding ortho intramolecular Hbond substituents is 1. The fraction of sp³-hybridized carbons (Fsp3) is 0.438. The lowest BCUT2D eigenvalue weighted by atomic mass is 9.54. The number of piperazine rings is 1. The molecule has 3 atom stereocenters. The van der Waals surface area contributed by atoms with Crippen LogP contribution in [0.25, 0.3) is 0 Å². The first-order valence-corrected chi connectivity index (χ1v) is 21.3. The van der Waals surface area contributed by atoms with Crippen LogP contribution in [0.2, 0.25) is 0 Å². The van der Waals surface area contributed by atoms with Crippen molar-refractivity contribution in [2.45, 2.75) is 81.7 Å². The predicted octanol–water partition coefficient (Wildman–Crippen LogP) is 6.54. The van der Waals surface area contributed by atoms with Crippen LogP contribution >= 0.6 is 0 Å². The van der Waals surface area contributed by atoms with E-state index in [1.54, 1.807) is 4.90 Å². The van der Waals surface area contributed by atoms with E-state index in [1.165, 1.54) is 59.2 Å². The van der Waals surface area contributed by atoms with E-state index in [-0.39, 0.29) is 35.5 Å². The van der Waals surface area contributed by atoms with E-state index >= 15 is 0 Å². The number of rotatable bonds is 6. The topological polar surface area (TPSA) is 96.4 Å². The molecule has 4 aromatic carbocycles. The number of amides is 3. The van der Waals surface area contributed by atoms with E-state index < -0.39 is 6.04 Å². The van der Waals surface area contributed by atoms with Gasteiger partial charge in [0.1, 0.15) is 11.8 Å². The van der Waals surface area contributed by atoms with Gasteiger partial charge in [-0.3, -0.25) is 24.6 Å².